The van der Waals surface area contributed by atoms with Gasteiger partial charge in [0, 0.05) is 18.7 Å². The van der Waals surface area contributed by atoms with Gasteiger partial charge in [0.1, 0.15) is 0 Å². The highest BCUT2D eigenvalue weighted by atomic mass is 16.5. The molecule has 0 fully saturated rings. The van der Waals surface area contributed by atoms with E-state index in [4.69, 9.17) is 14.2 Å². The van der Waals surface area contributed by atoms with E-state index >= 15 is 0 Å². The maximum Gasteiger partial charge on any atom is 0.246 e. The maximum absolute atomic E-state index is 11.1. The highest BCUT2D eigenvalue weighted by molar-refractivity contribution is 5.91. The zero-order valence-electron chi connectivity index (χ0n) is 10.8. The summed E-state index contributed by atoms with van der Waals surface area (Å²) in [6, 6.07) is 0. The van der Waals surface area contributed by atoms with E-state index in [0.29, 0.717) is 51.8 Å². The van der Waals surface area contributed by atoms with Gasteiger partial charge >= 0.3 is 0 Å². The third kappa shape index (κ3) is 11.4. The minimum absolute atomic E-state index is 0.137. The van der Waals surface area contributed by atoms with E-state index in [1.54, 1.807) is 6.92 Å². The van der Waals surface area contributed by atoms with Gasteiger partial charge in [0.2, 0.25) is 5.91 Å². The first-order valence-electron chi connectivity index (χ1n) is 5.85. The molecule has 0 aromatic carbocycles. The lowest BCUT2D eigenvalue weighted by Gasteiger charge is -2.07. The molecule has 0 aromatic rings. The SMILES string of the molecule is C=C(C)C(=O)NCCOCCOCCOCC. The zero-order valence-corrected chi connectivity index (χ0v) is 10.8. The van der Waals surface area contributed by atoms with Crippen molar-refractivity contribution in [3.63, 3.8) is 0 Å². The summed E-state index contributed by atoms with van der Waals surface area (Å²) in [5, 5.41) is 2.68. The van der Waals surface area contributed by atoms with E-state index in [2.05, 4.69) is 11.9 Å². The Bertz CT molecular complexity index is 219. The summed E-state index contributed by atoms with van der Waals surface area (Å²) in [5.74, 6) is -0.137. The van der Waals surface area contributed by atoms with Crippen LogP contribution in [0.5, 0.6) is 0 Å². The Kier molecular flexibility index (Phi) is 11.0. The number of hydrogen-bond acceptors (Lipinski definition) is 4. The Morgan fingerprint density at radius 3 is 2.12 bits per heavy atom. The minimum Gasteiger partial charge on any atom is -0.379 e. The molecule has 5 heteroatoms. The van der Waals surface area contributed by atoms with Crippen molar-refractivity contribution in [2.75, 3.05) is 46.2 Å². The lowest BCUT2D eigenvalue weighted by atomic mass is 10.3. The van der Waals surface area contributed by atoms with Crippen molar-refractivity contribution in [1.82, 2.24) is 5.32 Å². The number of carbonyl (C=O) groups excluding carboxylic acids is 1. The largest absolute Gasteiger partial charge is 0.379 e. The van der Waals surface area contributed by atoms with Crippen LogP contribution in [0.4, 0.5) is 0 Å². The normalized spacial score (nSPS) is 10.2. The number of nitrogens with one attached hydrogen (secondary N) is 1. The molecule has 100 valence electrons. The molecule has 0 bridgehead atoms. The summed E-state index contributed by atoms with van der Waals surface area (Å²) in [5.41, 5.74) is 0.504. The minimum atomic E-state index is -0.137. The molecular formula is C12H23NO4. The first kappa shape index (κ1) is 16.1. The molecule has 1 amide bonds. The van der Waals surface area contributed by atoms with Gasteiger partial charge in [-0.1, -0.05) is 6.58 Å². The fourth-order valence-electron chi connectivity index (χ4n) is 0.972. The topological polar surface area (TPSA) is 56.8 Å². The Balaban J connectivity index is 3.08. The number of carbonyl (C=O) groups is 1. The van der Waals surface area contributed by atoms with Crippen LogP contribution in [0.1, 0.15) is 13.8 Å². The second kappa shape index (κ2) is 11.6. The van der Waals surface area contributed by atoms with Crippen molar-refractivity contribution in [2.45, 2.75) is 13.8 Å². The summed E-state index contributed by atoms with van der Waals surface area (Å²) in [7, 11) is 0. The van der Waals surface area contributed by atoms with E-state index < -0.39 is 0 Å². The molecule has 0 aliphatic heterocycles. The van der Waals surface area contributed by atoms with Gasteiger partial charge in [-0.25, -0.2) is 0 Å². The monoisotopic (exact) mass is 245 g/mol. The number of amides is 1. The van der Waals surface area contributed by atoms with Gasteiger partial charge in [-0.05, 0) is 13.8 Å². The van der Waals surface area contributed by atoms with Crippen molar-refractivity contribution in [2.24, 2.45) is 0 Å². The lowest BCUT2D eigenvalue weighted by molar-refractivity contribution is -0.117. The Labute approximate surface area is 103 Å². The number of hydrogen-bond donors (Lipinski definition) is 1. The quantitative estimate of drug-likeness (QED) is 0.431. The molecule has 0 rings (SSSR count). The summed E-state index contributed by atoms with van der Waals surface area (Å²) >= 11 is 0. The van der Waals surface area contributed by atoms with E-state index in [-0.39, 0.29) is 5.91 Å². The van der Waals surface area contributed by atoms with Gasteiger partial charge in [0.05, 0.1) is 33.0 Å². The van der Waals surface area contributed by atoms with E-state index in [1.807, 2.05) is 6.92 Å². The van der Waals surface area contributed by atoms with Gasteiger partial charge < -0.3 is 19.5 Å². The third-order valence-corrected chi connectivity index (χ3v) is 1.87. The molecule has 0 aromatic heterocycles. The average Bonchev–Trinajstić information content (AvgIpc) is 2.31. The second-order valence-corrected chi connectivity index (χ2v) is 3.46. The molecule has 0 atom stereocenters. The summed E-state index contributed by atoms with van der Waals surface area (Å²) in [6.45, 7) is 11.1. The first-order chi connectivity index (χ1) is 8.18. The van der Waals surface area contributed by atoms with E-state index in [1.165, 1.54) is 0 Å². The van der Waals surface area contributed by atoms with Gasteiger partial charge in [-0.2, -0.15) is 0 Å². The molecule has 0 radical (unpaired) electrons. The van der Waals surface area contributed by atoms with Crippen LogP contribution in [0.2, 0.25) is 0 Å². The third-order valence-electron chi connectivity index (χ3n) is 1.87. The molecule has 5 nitrogen and oxygen atoms in total. The van der Waals surface area contributed by atoms with Gasteiger partial charge in [0.15, 0.2) is 0 Å². The van der Waals surface area contributed by atoms with Crippen molar-refractivity contribution >= 4 is 5.91 Å². The van der Waals surface area contributed by atoms with E-state index in [9.17, 15) is 4.79 Å². The molecule has 17 heavy (non-hydrogen) atoms. The van der Waals surface area contributed by atoms with Crippen molar-refractivity contribution < 1.29 is 19.0 Å². The highest BCUT2D eigenvalue weighted by Gasteiger charge is 1.99. The molecule has 0 saturated carbocycles. The molecule has 0 aliphatic carbocycles. The fraction of sp³-hybridized carbons (Fsp3) is 0.750. The van der Waals surface area contributed by atoms with Crippen LogP contribution in [0, 0.1) is 0 Å². The predicted octanol–water partition coefficient (Wildman–Crippen LogP) is 0.748. The highest BCUT2D eigenvalue weighted by Crippen LogP contribution is 1.85. The van der Waals surface area contributed by atoms with Crippen LogP contribution >= 0.6 is 0 Å². The molecule has 0 heterocycles. The Morgan fingerprint density at radius 1 is 1.06 bits per heavy atom. The zero-order chi connectivity index (χ0) is 12.9. The molecule has 0 unspecified atom stereocenters. The smallest absolute Gasteiger partial charge is 0.246 e. The first-order valence-corrected chi connectivity index (χ1v) is 5.85. The van der Waals surface area contributed by atoms with Crippen molar-refractivity contribution in [3.8, 4) is 0 Å². The van der Waals surface area contributed by atoms with Crippen molar-refractivity contribution in [1.29, 1.82) is 0 Å². The summed E-state index contributed by atoms with van der Waals surface area (Å²) in [4.78, 5) is 11.1. The van der Waals surface area contributed by atoms with Crippen LogP contribution in [0.15, 0.2) is 12.2 Å². The number of rotatable bonds is 11. The Hall–Kier alpha value is -0.910. The van der Waals surface area contributed by atoms with Gasteiger partial charge in [0.25, 0.3) is 0 Å². The van der Waals surface area contributed by atoms with Crippen LogP contribution in [-0.4, -0.2) is 52.1 Å². The fourth-order valence-corrected chi connectivity index (χ4v) is 0.972. The molecule has 1 N–H and O–H groups in total. The van der Waals surface area contributed by atoms with Gasteiger partial charge in [-0.15, -0.1) is 0 Å². The summed E-state index contributed by atoms with van der Waals surface area (Å²) in [6.07, 6.45) is 0. The average molecular weight is 245 g/mol. The van der Waals surface area contributed by atoms with Crippen molar-refractivity contribution in [3.05, 3.63) is 12.2 Å². The van der Waals surface area contributed by atoms with E-state index in [0.717, 1.165) is 0 Å². The van der Waals surface area contributed by atoms with Gasteiger partial charge in [-0.3, -0.25) is 4.79 Å². The maximum atomic E-state index is 11.1. The molecular weight excluding hydrogens is 222 g/mol. The standard InChI is InChI=1S/C12H23NO4/c1-4-15-7-8-17-10-9-16-6-5-13-12(14)11(2)3/h2,4-10H2,1,3H3,(H,13,14). The van der Waals surface area contributed by atoms with Crippen LogP contribution in [0.3, 0.4) is 0 Å². The predicted molar refractivity (Wildman–Crippen MR) is 66.0 cm³/mol. The van der Waals surface area contributed by atoms with Crippen LogP contribution < -0.4 is 5.32 Å². The summed E-state index contributed by atoms with van der Waals surface area (Å²) < 4.78 is 15.6. The lowest BCUT2D eigenvalue weighted by Crippen LogP contribution is -2.27. The molecule has 0 spiro atoms. The second-order valence-electron chi connectivity index (χ2n) is 3.46. The number of ether oxygens (including phenoxy) is 3. The molecule has 0 aliphatic rings. The molecule has 0 saturated heterocycles. The van der Waals surface area contributed by atoms with Crippen LogP contribution in [0.25, 0.3) is 0 Å². The Morgan fingerprint density at radius 2 is 1.59 bits per heavy atom. The van der Waals surface area contributed by atoms with Crippen LogP contribution in [-0.2, 0) is 19.0 Å².